The van der Waals surface area contributed by atoms with E-state index in [9.17, 15) is 0 Å². The highest BCUT2D eigenvalue weighted by atomic mass is 35.5. The lowest BCUT2D eigenvalue weighted by Gasteiger charge is -2.16. The number of halogens is 1. The second-order valence-electron chi connectivity index (χ2n) is 4.84. The Bertz CT molecular complexity index is 568. The van der Waals surface area contributed by atoms with Gasteiger partial charge in [0.05, 0.1) is 19.1 Å². The van der Waals surface area contributed by atoms with Crippen LogP contribution in [0.25, 0.3) is 0 Å². The van der Waals surface area contributed by atoms with Crippen LogP contribution >= 0.6 is 11.6 Å². The monoisotopic (exact) mass is 293 g/mol. The van der Waals surface area contributed by atoms with Crippen LogP contribution in [0.3, 0.4) is 0 Å². The van der Waals surface area contributed by atoms with Crippen molar-refractivity contribution < 1.29 is 4.74 Å². The number of methoxy groups -OCH3 is 1. The van der Waals surface area contributed by atoms with Gasteiger partial charge in [-0.25, -0.2) is 4.98 Å². The lowest BCUT2D eigenvalue weighted by molar-refractivity contribution is 0.414. The Kier molecular flexibility index (Phi) is 5.04. The summed E-state index contributed by atoms with van der Waals surface area (Å²) in [5.41, 5.74) is 2.17. The number of hydrogen-bond donors (Lipinski definition) is 1. The van der Waals surface area contributed by atoms with Gasteiger partial charge in [-0.1, -0.05) is 17.7 Å². The van der Waals surface area contributed by atoms with Crippen LogP contribution in [0.15, 0.2) is 30.7 Å². The molecule has 20 heavy (non-hydrogen) atoms. The molecule has 1 aromatic carbocycles. The molecule has 1 aromatic heterocycles. The van der Waals surface area contributed by atoms with Crippen molar-refractivity contribution in [2.45, 2.75) is 19.4 Å². The molecule has 4 nitrogen and oxygen atoms in total. The van der Waals surface area contributed by atoms with Crippen LogP contribution < -0.4 is 10.1 Å². The van der Waals surface area contributed by atoms with E-state index in [0.29, 0.717) is 0 Å². The Labute approximate surface area is 124 Å². The number of rotatable bonds is 6. The van der Waals surface area contributed by atoms with Gasteiger partial charge in [0.15, 0.2) is 0 Å². The molecule has 2 rings (SSSR count). The van der Waals surface area contributed by atoms with Gasteiger partial charge in [0.1, 0.15) is 5.75 Å². The Morgan fingerprint density at radius 2 is 2.25 bits per heavy atom. The summed E-state index contributed by atoms with van der Waals surface area (Å²) in [5, 5.41) is 4.18. The summed E-state index contributed by atoms with van der Waals surface area (Å²) in [7, 11) is 3.61. The van der Waals surface area contributed by atoms with Gasteiger partial charge in [-0.3, -0.25) is 0 Å². The second-order valence-corrected chi connectivity index (χ2v) is 5.25. The molecule has 0 aliphatic carbocycles. The van der Waals surface area contributed by atoms with Gasteiger partial charge in [0, 0.05) is 37.3 Å². The van der Waals surface area contributed by atoms with E-state index in [4.69, 9.17) is 16.3 Å². The highest BCUT2D eigenvalue weighted by molar-refractivity contribution is 6.31. The molecule has 0 bridgehead atoms. The number of nitrogens with one attached hydrogen (secondary N) is 1. The average molecular weight is 294 g/mol. The van der Waals surface area contributed by atoms with Gasteiger partial charge in [-0.2, -0.15) is 0 Å². The number of hydrogen-bond acceptors (Lipinski definition) is 3. The zero-order chi connectivity index (χ0) is 14.5. The van der Waals surface area contributed by atoms with Crippen molar-refractivity contribution in [2.75, 3.05) is 13.7 Å². The predicted octanol–water partition coefficient (Wildman–Crippen LogP) is 2.98. The zero-order valence-corrected chi connectivity index (χ0v) is 12.8. The molecule has 1 heterocycles. The summed E-state index contributed by atoms with van der Waals surface area (Å²) in [6, 6.07) is 5.96. The number of ether oxygens (including phenoxy) is 1. The van der Waals surface area contributed by atoms with E-state index in [-0.39, 0.29) is 6.04 Å². The summed E-state index contributed by atoms with van der Waals surface area (Å²) in [5.74, 6) is 0.777. The van der Waals surface area contributed by atoms with E-state index in [0.717, 1.165) is 35.0 Å². The molecular formula is C15H20ClN3O. The van der Waals surface area contributed by atoms with Crippen LogP contribution in [-0.4, -0.2) is 23.2 Å². The molecule has 0 aliphatic heterocycles. The van der Waals surface area contributed by atoms with Crippen LogP contribution in [-0.2, 0) is 13.5 Å². The molecule has 0 amide bonds. The Morgan fingerprint density at radius 1 is 1.45 bits per heavy atom. The maximum absolute atomic E-state index is 6.27. The minimum Gasteiger partial charge on any atom is -0.497 e. The van der Waals surface area contributed by atoms with Crippen LogP contribution in [0.5, 0.6) is 5.75 Å². The largest absolute Gasteiger partial charge is 0.497 e. The number of aromatic nitrogens is 2. The van der Waals surface area contributed by atoms with Gasteiger partial charge in [0.25, 0.3) is 0 Å². The minimum absolute atomic E-state index is 0.192. The molecule has 1 N–H and O–H groups in total. The van der Waals surface area contributed by atoms with E-state index in [2.05, 4.69) is 17.2 Å². The van der Waals surface area contributed by atoms with Gasteiger partial charge in [0.2, 0.25) is 0 Å². The van der Waals surface area contributed by atoms with Crippen molar-refractivity contribution in [3.05, 3.63) is 47.0 Å². The van der Waals surface area contributed by atoms with Gasteiger partial charge in [-0.15, -0.1) is 0 Å². The fourth-order valence-corrected chi connectivity index (χ4v) is 2.44. The van der Waals surface area contributed by atoms with E-state index >= 15 is 0 Å². The molecule has 0 aliphatic rings. The molecule has 5 heteroatoms. The molecule has 0 saturated carbocycles. The second kappa shape index (κ2) is 6.77. The van der Waals surface area contributed by atoms with Crippen molar-refractivity contribution in [1.82, 2.24) is 14.9 Å². The standard InChI is InChI=1S/C15H20ClN3O/c1-11(14-5-4-13(20-3)8-15(14)16)17-7-6-12-9-19(2)10-18-12/h4-5,8-11,17H,6-7H2,1-3H3/t11-/m0/s1. The first-order valence-corrected chi connectivity index (χ1v) is 7.01. The maximum atomic E-state index is 6.27. The smallest absolute Gasteiger partial charge is 0.120 e. The Balaban J connectivity index is 1.89. The van der Waals surface area contributed by atoms with Crippen molar-refractivity contribution in [1.29, 1.82) is 0 Å². The van der Waals surface area contributed by atoms with E-state index in [1.165, 1.54) is 0 Å². The van der Waals surface area contributed by atoms with Gasteiger partial charge < -0.3 is 14.6 Å². The fourth-order valence-electron chi connectivity index (χ4n) is 2.11. The quantitative estimate of drug-likeness (QED) is 0.890. The molecule has 0 fully saturated rings. The first-order chi connectivity index (χ1) is 9.60. The Morgan fingerprint density at radius 3 is 2.85 bits per heavy atom. The molecule has 0 radical (unpaired) electrons. The summed E-state index contributed by atoms with van der Waals surface area (Å²) in [4.78, 5) is 4.31. The summed E-state index contributed by atoms with van der Waals surface area (Å²) in [6.07, 6.45) is 4.75. The number of imidazole rings is 1. The van der Waals surface area contributed by atoms with E-state index in [1.807, 2.05) is 42.3 Å². The van der Waals surface area contributed by atoms with E-state index < -0.39 is 0 Å². The normalized spacial score (nSPS) is 12.4. The van der Waals surface area contributed by atoms with Gasteiger partial charge in [-0.05, 0) is 24.6 Å². The van der Waals surface area contributed by atoms with Gasteiger partial charge >= 0.3 is 0 Å². The SMILES string of the molecule is COc1ccc([C@H](C)NCCc2cn(C)cn2)c(Cl)c1. The Hall–Kier alpha value is -1.52. The molecule has 0 spiro atoms. The topological polar surface area (TPSA) is 39.1 Å². The van der Waals surface area contributed by atoms with Crippen molar-refractivity contribution >= 4 is 11.6 Å². The third-order valence-electron chi connectivity index (χ3n) is 3.26. The molecule has 0 unspecified atom stereocenters. The van der Waals surface area contributed by atoms with Crippen LogP contribution in [0.4, 0.5) is 0 Å². The molecule has 2 aromatic rings. The van der Waals surface area contributed by atoms with Crippen LogP contribution in [0, 0.1) is 0 Å². The van der Waals surface area contributed by atoms with Crippen LogP contribution in [0.1, 0.15) is 24.2 Å². The third kappa shape index (κ3) is 3.74. The molecule has 0 saturated heterocycles. The highest BCUT2D eigenvalue weighted by Gasteiger charge is 2.10. The molecule has 108 valence electrons. The average Bonchev–Trinajstić information content (AvgIpc) is 2.84. The van der Waals surface area contributed by atoms with E-state index in [1.54, 1.807) is 7.11 Å². The van der Waals surface area contributed by atoms with Crippen LogP contribution in [0.2, 0.25) is 5.02 Å². The zero-order valence-electron chi connectivity index (χ0n) is 12.1. The minimum atomic E-state index is 0.192. The lowest BCUT2D eigenvalue weighted by atomic mass is 10.1. The van der Waals surface area contributed by atoms with Crippen molar-refractivity contribution in [3.63, 3.8) is 0 Å². The van der Waals surface area contributed by atoms with Crippen molar-refractivity contribution in [2.24, 2.45) is 7.05 Å². The van der Waals surface area contributed by atoms with Crippen molar-refractivity contribution in [3.8, 4) is 5.75 Å². The maximum Gasteiger partial charge on any atom is 0.120 e. The molecule has 1 atom stereocenters. The summed E-state index contributed by atoms with van der Waals surface area (Å²) >= 11 is 6.27. The predicted molar refractivity (Wildman–Crippen MR) is 81.3 cm³/mol. The third-order valence-corrected chi connectivity index (χ3v) is 3.59. The number of aryl methyl sites for hydroxylation is 1. The number of benzene rings is 1. The molecular weight excluding hydrogens is 274 g/mol. The summed E-state index contributed by atoms with van der Waals surface area (Å²) in [6.45, 7) is 2.96. The highest BCUT2D eigenvalue weighted by Crippen LogP contribution is 2.27. The first kappa shape index (κ1) is 14.9. The lowest BCUT2D eigenvalue weighted by Crippen LogP contribution is -2.21. The number of nitrogens with zero attached hydrogens (tertiary/aromatic N) is 2. The fraction of sp³-hybridized carbons (Fsp3) is 0.400. The first-order valence-electron chi connectivity index (χ1n) is 6.64. The summed E-state index contributed by atoms with van der Waals surface area (Å²) < 4.78 is 7.11.